The molecule has 0 radical (unpaired) electrons. The Bertz CT molecular complexity index is 1240. The lowest BCUT2D eigenvalue weighted by Crippen LogP contribution is -2.30. The minimum Gasteiger partial charge on any atom is -0.307 e. The zero-order valence-electron chi connectivity index (χ0n) is 19.7. The molecule has 3 rings (SSSR count). The lowest BCUT2D eigenvalue weighted by atomic mass is 9.92. The second-order valence-corrected chi connectivity index (χ2v) is 13.4. The molecular formula is C22H32N4O5S2. The maximum Gasteiger partial charge on any atom is 0.256 e. The number of amides is 1. The molecule has 0 saturated carbocycles. The van der Waals surface area contributed by atoms with Gasteiger partial charge in [-0.15, -0.1) is 0 Å². The average molecular weight is 497 g/mol. The molecule has 1 aromatic heterocycles. The Balaban J connectivity index is 1.94. The maximum atomic E-state index is 13.1. The molecule has 1 atom stereocenters. The topological polar surface area (TPSA) is 118 Å². The second-order valence-electron chi connectivity index (χ2n) is 9.24. The molecule has 1 saturated heterocycles. The molecule has 1 aliphatic rings. The smallest absolute Gasteiger partial charge is 0.256 e. The van der Waals surface area contributed by atoms with E-state index in [1.165, 1.54) is 22.5 Å². The van der Waals surface area contributed by atoms with Crippen molar-refractivity contribution in [3.8, 4) is 0 Å². The highest BCUT2D eigenvalue weighted by Gasteiger charge is 2.33. The van der Waals surface area contributed by atoms with Crippen molar-refractivity contribution in [2.75, 3.05) is 29.9 Å². The molecule has 11 heteroatoms. The van der Waals surface area contributed by atoms with Crippen LogP contribution in [-0.2, 0) is 25.3 Å². The van der Waals surface area contributed by atoms with Crippen LogP contribution in [0.1, 0.15) is 63.1 Å². The number of rotatable bonds is 7. The lowest BCUT2D eigenvalue weighted by molar-refractivity contribution is 0.102. The van der Waals surface area contributed by atoms with E-state index in [4.69, 9.17) is 0 Å². The number of nitrogens with zero attached hydrogens (tertiary/aromatic N) is 3. The molecule has 9 nitrogen and oxygen atoms in total. The summed E-state index contributed by atoms with van der Waals surface area (Å²) >= 11 is 0. The molecule has 182 valence electrons. The monoisotopic (exact) mass is 496 g/mol. The van der Waals surface area contributed by atoms with Crippen LogP contribution in [0.15, 0.2) is 35.2 Å². The van der Waals surface area contributed by atoms with Crippen LogP contribution in [0.4, 0.5) is 5.82 Å². The van der Waals surface area contributed by atoms with E-state index in [2.05, 4.69) is 10.4 Å². The largest absolute Gasteiger partial charge is 0.307 e. The summed E-state index contributed by atoms with van der Waals surface area (Å²) in [6, 6.07) is 7.29. The highest BCUT2D eigenvalue weighted by atomic mass is 32.2. The summed E-state index contributed by atoms with van der Waals surface area (Å²) in [4.78, 5) is 13.1. The van der Waals surface area contributed by atoms with Gasteiger partial charge in [0.05, 0.1) is 28.1 Å². The Kier molecular flexibility index (Phi) is 7.07. The Hall–Kier alpha value is -2.24. The van der Waals surface area contributed by atoms with Crippen LogP contribution in [0.3, 0.4) is 0 Å². The standard InChI is InChI=1S/C22H32N4O5S2/c1-6-25(7-2)33(30,31)18-10-8-9-16(13-18)21(27)23-20-14-19(22(3,4)5)24-26(20)17-11-12-32(28,29)15-17/h8-10,13-14,17H,6-7,11-12,15H2,1-5H3,(H,23,27). The highest BCUT2D eigenvalue weighted by molar-refractivity contribution is 7.91. The summed E-state index contributed by atoms with van der Waals surface area (Å²) in [6.45, 7) is 10.1. The fourth-order valence-corrected chi connectivity index (χ4v) is 7.00. The van der Waals surface area contributed by atoms with Crippen molar-refractivity contribution in [2.45, 2.75) is 57.4 Å². The van der Waals surface area contributed by atoms with Gasteiger partial charge in [-0.3, -0.25) is 4.79 Å². The van der Waals surface area contributed by atoms with Crippen molar-refractivity contribution >= 4 is 31.6 Å². The fourth-order valence-electron chi connectivity index (χ4n) is 3.80. The molecule has 1 aliphatic heterocycles. The van der Waals surface area contributed by atoms with Crippen molar-refractivity contribution in [1.82, 2.24) is 14.1 Å². The number of sulfone groups is 1. The molecular weight excluding hydrogens is 464 g/mol. The third-order valence-electron chi connectivity index (χ3n) is 5.74. The third kappa shape index (κ3) is 5.47. The van der Waals surface area contributed by atoms with Crippen LogP contribution in [-0.4, -0.2) is 61.4 Å². The Labute approximate surface area is 196 Å². The number of hydrogen-bond acceptors (Lipinski definition) is 6. The predicted molar refractivity (Wildman–Crippen MR) is 128 cm³/mol. The second kappa shape index (κ2) is 9.19. The van der Waals surface area contributed by atoms with E-state index in [-0.39, 0.29) is 33.4 Å². The predicted octanol–water partition coefficient (Wildman–Crippen LogP) is 2.82. The van der Waals surface area contributed by atoms with Gasteiger partial charge in [0.1, 0.15) is 5.82 Å². The van der Waals surface area contributed by atoms with E-state index in [0.717, 1.165) is 5.69 Å². The Morgan fingerprint density at radius 3 is 2.42 bits per heavy atom. The van der Waals surface area contributed by atoms with Gasteiger partial charge in [-0.1, -0.05) is 40.7 Å². The van der Waals surface area contributed by atoms with Crippen molar-refractivity contribution < 1.29 is 21.6 Å². The van der Waals surface area contributed by atoms with Crippen molar-refractivity contribution in [3.63, 3.8) is 0 Å². The molecule has 0 spiro atoms. The van der Waals surface area contributed by atoms with Gasteiger partial charge in [-0.25, -0.2) is 21.5 Å². The number of hydrogen-bond donors (Lipinski definition) is 1. The highest BCUT2D eigenvalue weighted by Crippen LogP contribution is 2.31. The fraction of sp³-hybridized carbons (Fsp3) is 0.545. The number of aromatic nitrogens is 2. The first kappa shape index (κ1) is 25.4. The molecule has 1 amide bonds. The van der Waals surface area contributed by atoms with E-state index >= 15 is 0 Å². The minimum absolute atomic E-state index is 0.0290. The molecule has 33 heavy (non-hydrogen) atoms. The van der Waals surface area contributed by atoms with Gasteiger partial charge >= 0.3 is 0 Å². The molecule has 1 unspecified atom stereocenters. The SMILES string of the molecule is CCN(CC)S(=O)(=O)c1cccc(C(=O)Nc2cc(C(C)(C)C)nn2C2CCS(=O)(=O)C2)c1. The molecule has 1 fully saturated rings. The van der Waals surface area contributed by atoms with Gasteiger partial charge in [-0.05, 0) is 24.6 Å². The average Bonchev–Trinajstić information content (AvgIpc) is 3.31. The first-order chi connectivity index (χ1) is 15.3. The maximum absolute atomic E-state index is 13.1. The van der Waals surface area contributed by atoms with E-state index in [0.29, 0.717) is 25.3 Å². The van der Waals surface area contributed by atoms with Crippen LogP contribution in [0.2, 0.25) is 0 Å². The number of sulfonamides is 1. The van der Waals surface area contributed by atoms with Gasteiger partial charge in [0.25, 0.3) is 5.91 Å². The minimum atomic E-state index is -3.71. The van der Waals surface area contributed by atoms with Gasteiger partial charge < -0.3 is 5.32 Å². The molecule has 0 aliphatic carbocycles. The normalized spacial score (nSPS) is 18.5. The van der Waals surface area contributed by atoms with E-state index in [1.807, 2.05) is 20.8 Å². The van der Waals surface area contributed by atoms with Gasteiger partial charge in [-0.2, -0.15) is 9.40 Å². The summed E-state index contributed by atoms with van der Waals surface area (Å²) in [7, 11) is -6.86. The van der Waals surface area contributed by atoms with E-state index < -0.39 is 25.8 Å². The van der Waals surface area contributed by atoms with Gasteiger partial charge in [0, 0.05) is 30.1 Å². The lowest BCUT2D eigenvalue weighted by Gasteiger charge is -2.19. The van der Waals surface area contributed by atoms with Crippen molar-refractivity contribution in [3.05, 3.63) is 41.6 Å². The summed E-state index contributed by atoms with van der Waals surface area (Å²) in [5.41, 5.74) is 0.604. The van der Waals surface area contributed by atoms with Gasteiger partial charge in [0.2, 0.25) is 10.0 Å². The summed E-state index contributed by atoms with van der Waals surface area (Å²) in [5.74, 6) is -0.0437. The van der Waals surface area contributed by atoms with Crippen LogP contribution in [0.25, 0.3) is 0 Å². The number of benzene rings is 1. The zero-order valence-corrected chi connectivity index (χ0v) is 21.3. The first-order valence-corrected chi connectivity index (χ1v) is 14.3. The van der Waals surface area contributed by atoms with Crippen LogP contribution < -0.4 is 5.32 Å². The zero-order chi connectivity index (χ0) is 24.6. The quantitative estimate of drug-likeness (QED) is 0.630. The van der Waals surface area contributed by atoms with Crippen LogP contribution in [0.5, 0.6) is 0 Å². The van der Waals surface area contributed by atoms with E-state index in [9.17, 15) is 21.6 Å². The molecule has 2 heterocycles. The Morgan fingerprint density at radius 2 is 1.88 bits per heavy atom. The number of nitrogens with one attached hydrogen (secondary N) is 1. The molecule has 0 bridgehead atoms. The van der Waals surface area contributed by atoms with Crippen molar-refractivity contribution in [1.29, 1.82) is 0 Å². The molecule has 1 N–H and O–H groups in total. The number of anilines is 1. The summed E-state index contributed by atoms with van der Waals surface area (Å²) in [5, 5.41) is 7.43. The molecule has 1 aromatic carbocycles. The molecule has 2 aromatic rings. The van der Waals surface area contributed by atoms with Crippen LogP contribution >= 0.6 is 0 Å². The van der Waals surface area contributed by atoms with Crippen LogP contribution in [0, 0.1) is 0 Å². The third-order valence-corrected chi connectivity index (χ3v) is 9.54. The number of carbonyl (C=O) groups is 1. The van der Waals surface area contributed by atoms with E-state index in [1.54, 1.807) is 30.7 Å². The first-order valence-electron chi connectivity index (χ1n) is 11.0. The summed E-state index contributed by atoms with van der Waals surface area (Å²) in [6.07, 6.45) is 0.425. The number of carbonyl (C=O) groups excluding carboxylic acids is 1. The summed E-state index contributed by atoms with van der Waals surface area (Å²) < 4.78 is 52.7. The van der Waals surface area contributed by atoms with Gasteiger partial charge in [0.15, 0.2) is 9.84 Å². The van der Waals surface area contributed by atoms with Crippen molar-refractivity contribution in [2.24, 2.45) is 0 Å². The Morgan fingerprint density at radius 1 is 1.21 bits per heavy atom.